The average Bonchev–Trinajstić information content (AvgIpc) is 2.03. The quantitative estimate of drug-likeness (QED) is 0.676. The molecule has 0 aromatic rings. The molecule has 4 nitrogen and oxygen atoms in total. The molecular weight excluding hydrogens is 168 g/mol. The number of piperazine rings is 1. The van der Waals surface area contributed by atoms with Gasteiger partial charge in [-0.05, 0) is 12.3 Å². The molecule has 1 amide bonds. The van der Waals surface area contributed by atoms with Crippen LogP contribution < -0.4 is 5.32 Å². The number of hydrogen-bond donors (Lipinski definition) is 2. The molecule has 2 N–H and O–H groups in total. The predicted molar refractivity (Wildman–Crippen MR) is 50.8 cm³/mol. The maximum absolute atomic E-state index is 10.7. The van der Waals surface area contributed by atoms with Gasteiger partial charge in [-0.3, -0.25) is 0 Å². The molecule has 13 heavy (non-hydrogen) atoms. The summed E-state index contributed by atoms with van der Waals surface area (Å²) in [7, 11) is 0. The summed E-state index contributed by atoms with van der Waals surface area (Å²) < 4.78 is 0. The van der Waals surface area contributed by atoms with Crippen LogP contribution in [0, 0.1) is 5.92 Å². The Kier molecular flexibility index (Phi) is 3.54. The third kappa shape index (κ3) is 3.22. The molecule has 1 atom stereocenters. The Bertz CT molecular complexity index is 182. The van der Waals surface area contributed by atoms with Gasteiger partial charge in [-0.25, -0.2) is 4.79 Å². The van der Waals surface area contributed by atoms with E-state index in [0.717, 1.165) is 13.0 Å². The van der Waals surface area contributed by atoms with Gasteiger partial charge in [0.05, 0.1) is 0 Å². The highest BCUT2D eigenvalue weighted by Crippen LogP contribution is 2.09. The Balaban J connectivity index is 2.37. The Morgan fingerprint density at radius 2 is 2.38 bits per heavy atom. The molecule has 0 spiro atoms. The van der Waals surface area contributed by atoms with Crippen LogP contribution in [0.5, 0.6) is 0 Å². The third-order valence-electron chi connectivity index (χ3n) is 2.28. The fourth-order valence-electron chi connectivity index (χ4n) is 1.73. The van der Waals surface area contributed by atoms with E-state index >= 15 is 0 Å². The minimum Gasteiger partial charge on any atom is -0.465 e. The van der Waals surface area contributed by atoms with Gasteiger partial charge < -0.3 is 15.3 Å². The van der Waals surface area contributed by atoms with E-state index in [2.05, 4.69) is 19.2 Å². The van der Waals surface area contributed by atoms with Crippen molar-refractivity contribution in [2.75, 3.05) is 19.6 Å². The van der Waals surface area contributed by atoms with Crippen LogP contribution in [0.4, 0.5) is 4.79 Å². The van der Waals surface area contributed by atoms with Crippen LogP contribution in [0.2, 0.25) is 0 Å². The van der Waals surface area contributed by atoms with Crippen molar-refractivity contribution in [3.63, 3.8) is 0 Å². The average molecular weight is 186 g/mol. The zero-order valence-electron chi connectivity index (χ0n) is 8.29. The molecule has 0 radical (unpaired) electrons. The van der Waals surface area contributed by atoms with Crippen LogP contribution in [0.1, 0.15) is 20.3 Å². The first-order valence-electron chi connectivity index (χ1n) is 4.81. The van der Waals surface area contributed by atoms with Gasteiger partial charge in [-0.15, -0.1) is 0 Å². The maximum Gasteiger partial charge on any atom is 0.407 e. The number of nitrogens with one attached hydrogen (secondary N) is 1. The summed E-state index contributed by atoms with van der Waals surface area (Å²) in [6.07, 6.45) is 0.249. The SMILES string of the molecule is CC(C)C[C@H]1CN(C(=O)O)CCN1. The monoisotopic (exact) mass is 186 g/mol. The second kappa shape index (κ2) is 4.46. The zero-order chi connectivity index (χ0) is 9.84. The smallest absolute Gasteiger partial charge is 0.407 e. The maximum atomic E-state index is 10.7. The van der Waals surface area contributed by atoms with Gasteiger partial charge in [0, 0.05) is 25.7 Å². The lowest BCUT2D eigenvalue weighted by atomic mass is 10.0. The number of hydrogen-bond acceptors (Lipinski definition) is 2. The lowest BCUT2D eigenvalue weighted by Gasteiger charge is -2.32. The van der Waals surface area contributed by atoms with Crippen molar-refractivity contribution in [1.29, 1.82) is 0 Å². The fourth-order valence-corrected chi connectivity index (χ4v) is 1.73. The standard InChI is InChI=1S/C9H18N2O2/c1-7(2)5-8-6-11(9(12)13)4-3-10-8/h7-8,10H,3-6H2,1-2H3,(H,12,13)/t8-/m0/s1. The summed E-state index contributed by atoms with van der Waals surface area (Å²) in [6, 6.07) is 0.338. The fraction of sp³-hybridized carbons (Fsp3) is 0.889. The highest BCUT2D eigenvalue weighted by molar-refractivity contribution is 5.65. The molecule has 1 rings (SSSR count). The topological polar surface area (TPSA) is 52.6 Å². The first-order chi connectivity index (χ1) is 6.09. The van der Waals surface area contributed by atoms with E-state index in [9.17, 15) is 4.79 Å². The van der Waals surface area contributed by atoms with E-state index in [0.29, 0.717) is 25.0 Å². The molecule has 1 fully saturated rings. The molecule has 76 valence electrons. The van der Waals surface area contributed by atoms with Crippen LogP contribution in [0.25, 0.3) is 0 Å². The molecular formula is C9H18N2O2. The molecule has 0 aliphatic carbocycles. The molecule has 0 aromatic heterocycles. The lowest BCUT2D eigenvalue weighted by Crippen LogP contribution is -2.52. The molecule has 0 unspecified atom stereocenters. The highest BCUT2D eigenvalue weighted by atomic mass is 16.4. The summed E-state index contributed by atoms with van der Waals surface area (Å²) in [6.45, 7) is 6.34. The summed E-state index contributed by atoms with van der Waals surface area (Å²) in [5.41, 5.74) is 0. The number of carboxylic acid groups (broad SMARTS) is 1. The van der Waals surface area contributed by atoms with Crippen LogP contribution in [0.15, 0.2) is 0 Å². The Labute approximate surface area is 78.9 Å². The Morgan fingerprint density at radius 3 is 2.92 bits per heavy atom. The van der Waals surface area contributed by atoms with Crippen molar-refractivity contribution in [2.45, 2.75) is 26.3 Å². The minimum atomic E-state index is -0.796. The van der Waals surface area contributed by atoms with E-state index in [1.54, 1.807) is 0 Å². The Morgan fingerprint density at radius 1 is 1.69 bits per heavy atom. The second-order valence-electron chi connectivity index (χ2n) is 4.01. The first-order valence-corrected chi connectivity index (χ1v) is 4.81. The minimum absolute atomic E-state index is 0.338. The van der Waals surface area contributed by atoms with Gasteiger partial charge in [-0.2, -0.15) is 0 Å². The third-order valence-corrected chi connectivity index (χ3v) is 2.28. The summed E-state index contributed by atoms with van der Waals surface area (Å²) in [5.74, 6) is 0.617. The first kappa shape index (κ1) is 10.3. The van der Waals surface area contributed by atoms with Crippen molar-refractivity contribution in [1.82, 2.24) is 10.2 Å². The van der Waals surface area contributed by atoms with Crippen LogP contribution in [-0.4, -0.2) is 41.8 Å². The van der Waals surface area contributed by atoms with Gasteiger partial charge in [0.15, 0.2) is 0 Å². The van der Waals surface area contributed by atoms with Crippen LogP contribution in [0.3, 0.4) is 0 Å². The van der Waals surface area contributed by atoms with Crippen LogP contribution >= 0.6 is 0 Å². The number of rotatable bonds is 2. The molecule has 1 saturated heterocycles. The van der Waals surface area contributed by atoms with Gasteiger partial charge in [-0.1, -0.05) is 13.8 Å². The van der Waals surface area contributed by atoms with E-state index < -0.39 is 6.09 Å². The highest BCUT2D eigenvalue weighted by Gasteiger charge is 2.22. The summed E-state index contributed by atoms with van der Waals surface area (Å²) in [4.78, 5) is 12.2. The molecule has 1 heterocycles. The second-order valence-corrected chi connectivity index (χ2v) is 4.01. The van der Waals surface area contributed by atoms with Crippen molar-refractivity contribution in [3.8, 4) is 0 Å². The molecule has 0 saturated carbocycles. The number of nitrogens with zero attached hydrogens (tertiary/aromatic N) is 1. The Hall–Kier alpha value is -0.770. The molecule has 0 bridgehead atoms. The van der Waals surface area contributed by atoms with Gasteiger partial charge in [0.25, 0.3) is 0 Å². The molecule has 4 heteroatoms. The largest absolute Gasteiger partial charge is 0.465 e. The summed E-state index contributed by atoms with van der Waals surface area (Å²) >= 11 is 0. The normalized spacial score (nSPS) is 23.6. The van der Waals surface area contributed by atoms with Crippen molar-refractivity contribution in [2.24, 2.45) is 5.92 Å². The van der Waals surface area contributed by atoms with Crippen molar-refractivity contribution >= 4 is 6.09 Å². The number of carbonyl (C=O) groups is 1. The number of amides is 1. The summed E-state index contributed by atoms with van der Waals surface area (Å²) in [5, 5.41) is 12.1. The van der Waals surface area contributed by atoms with E-state index in [4.69, 9.17) is 5.11 Å². The lowest BCUT2D eigenvalue weighted by molar-refractivity contribution is 0.125. The van der Waals surface area contributed by atoms with Crippen molar-refractivity contribution in [3.05, 3.63) is 0 Å². The van der Waals surface area contributed by atoms with E-state index in [1.807, 2.05) is 0 Å². The van der Waals surface area contributed by atoms with Crippen LogP contribution in [-0.2, 0) is 0 Å². The van der Waals surface area contributed by atoms with Gasteiger partial charge >= 0.3 is 6.09 Å². The predicted octanol–water partition coefficient (Wildman–Crippen LogP) is 0.984. The van der Waals surface area contributed by atoms with Crippen molar-refractivity contribution < 1.29 is 9.90 Å². The molecule has 0 aromatic carbocycles. The zero-order valence-corrected chi connectivity index (χ0v) is 8.29. The van der Waals surface area contributed by atoms with Gasteiger partial charge in [0.2, 0.25) is 0 Å². The molecule has 1 aliphatic heterocycles. The molecule has 1 aliphatic rings. The van der Waals surface area contributed by atoms with E-state index in [-0.39, 0.29) is 0 Å². The van der Waals surface area contributed by atoms with E-state index in [1.165, 1.54) is 4.90 Å². The van der Waals surface area contributed by atoms with Gasteiger partial charge in [0.1, 0.15) is 0 Å².